The lowest BCUT2D eigenvalue weighted by molar-refractivity contribution is 0.0297. The maximum Gasteiger partial charge on any atom is 0.278 e. The number of benzene rings is 1. The molecule has 1 saturated heterocycles. The first-order valence-corrected chi connectivity index (χ1v) is 9.99. The molecule has 0 spiro atoms. The minimum atomic E-state index is -0.463. The maximum atomic E-state index is 13.0. The van der Waals surface area contributed by atoms with Crippen LogP contribution in [0.25, 0.3) is 5.69 Å². The number of morpholine rings is 1. The second-order valence-electron chi connectivity index (χ2n) is 6.15. The molecule has 3 aromatic rings. The van der Waals surface area contributed by atoms with Gasteiger partial charge in [-0.25, -0.2) is 0 Å². The molecular weight excluding hydrogens is 414 g/mol. The van der Waals surface area contributed by atoms with Crippen LogP contribution in [0.15, 0.2) is 53.8 Å². The van der Waals surface area contributed by atoms with Crippen LogP contribution in [0, 0.1) is 0 Å². The van der Waals surface area contributed by atoms with Gasteiger partial charge < -0.3 is 9.64 Å². The molecule has 1 fully saturated rings. The topological polar surface area (TPSA) is 89.7 Å². The standard InChI is InChI=1S/C19H16ClN5O3S/c20-14-1-3-15(4-2-14)25-23-16(19(27)24-9-11-28-12-10-24)18(29-25)22-17(26)13-5-7-21-8-6-13/h1-8H,9-12H2. The number of nitrogens with zero attached hydrogens (tertiary/aromatic N) is 5. The summed E-state index contributed by atoms with van der Waals surface area (Å²) in [5.41, 5.74) is 1.23. The van der Waals surface area contributed by atoms with Gasteiger partial charge in [0, 0.05) is 36.1 Å². The minimum absolute atomic E-state index is 0.134. The summed E-state index contributed by atoms with van der Waals surface area (Å²) in [4.78, 5) is 35.3. The normalized spacial score (nSPS) is 14.8. The van der Waals surface area contributed by atoms with Crippen LogP contribution >= 0.6 is 23.1 Å². The maximum absolute atomic E-state index is 13.0. The summed E-state index contributed by atoms with van der Waals surface area (Å²) in [6.07, 6.45) is 3.03. The number of carbonyl (C=O) groups is 2. The van der Waals surface area contributed by atoms with Gasteiger partial charge in [-0.3, -0.25) is 14.6 Å². The van der Waals surface area contributed by atoms with Gasteiger partial charge in [0.15, 0.2) is 10.4 Å². The number of hydrogen-bond acceptors (Lipinski definition) is 6. The van der Waals surface area contributed by atoms with E-state index in [9.17, 15) is 9.59 Å². The van der Waals surface area contributed by atoms with Crippen molar-refractivity contribution in [3.8, 4) is 5.69 Å². The highest BCUT2D eigenvalue weighted by Crippen LogP contribution is 2.15. The second kappa shape index (κ2) is 8.64. The van der Waals surface area contributed by atoms with Crippen molar-refractivity contribution in [1.29, 1.82) is 0 Å². The zero-order valence-corrected chi connectivity index (χ0v) is 16.8. The lowest BCUT2D eigenvalue weighted by Gasteiger charge is -2.25. The number of amides is 2. The molecule has 0 N–H and O–H groups in total. The van der Waals surface area contributed by atoms with Crippen LogP contribution in [-0.2, 0) is 4.74 Å². The number of rotatable bonds is 3. The van der Waals surface area contributed by atoms with Gasteiger partial charge >= 0.3 is 0 Å². The first-order valence-electron chi connectivity index (χ1n) is 8.84. The van der Waals surface area contributed by atoms with Gasteiger partial charge in [-0.15, -0.1) is 5.10 Å². The summed E-state index contributed by atoms with van der Waals surface area (Å²) in [7, 11) is 0. The van der Waals surface area contributed by atoms with Crippen LogP contribution < -0.4 is 4.67 Å². The highest BCUT2D eigenvalue weighted by Gasteiger charge is 2.24. The zero-order chi connectivity index (χ0) is 20.2. The van der Waals surface area contributed by atoms with Crippen LogP contribution in [0.4, 0.5) is 0 Å². The Kier molecular flexibility index (Phi) is 5.79. The van der Waals surface area contributed by atoms with Crippen molar-refractivity contribution < 1.29 is 14.3 Å². The molecule has 0 atom stereocenters. The van der Waals surface area contributed by atoms with Gasteiger partial charge in [0.25, 0.3) is 11.8 Å². The van der Waals surface area contributed by atoms with E-state index in [1.165, 1.54) is 12.4 Å². The Morgan fingerprint density at radius 3 is 2.45 bits per heavy atom. The van der Waals surface area contributed by atoms with Gasteiger partial charge in [-0.05, 0) is 47.9 Å². The number of hydrogen-bond donors (Lipinski definition) is 0. The van der Waals surface area contributed by atoms with E-state index in [-0.39, 0.29) is 16.3 Å². The molecule has 0 unspecified atom stereocenters. The van der Waals surface area contributed by atoms with Crippen molar-refractivity contribution in [2.75, 3.05) is 26.3 Å². The van der Waals surface area contributed by atoms with E-state index >= 15 is 0 Å². The molecule has 29 heavy (non-hydrogen) atoms. The van der Waals surface area contributed by atoms with Gasteiger partial charge in [-0.2, -0.15) is 9.06 Å². The number of pyridine rings is 1. The molecule has 8 nitrogen and oxygen atoms in total. The highest BCUT2D eigenvalue weighted by atomic mass is 35.5. The monoisotopic (exact) mass is 429 g/mol. The van der Waals surface area contributed by atoms with Crippen LogP contribution in [0.1, 0.15) is 20.8 Å². The largest absolute Gasteiger partial charge is 0.378 e. The Bertz CT molecular complexity index is 1090. The zero-order valence-electron chi connectivity index (χ0n) is 15.2. The van der Waals surface area contributed by atoms with E-state index in [1.54, 1.807) is 45.4 Å². The van der Waals surface area contributed by atoms with Crippen molar-refractivity contribution in [3.05, 3.63) is 69.7 Å². The van der Waals surface area contributed by atoms with Crippen molar-refractivity contribution in [2.24, 2.45) is 4.99 Å². The molecule has 0 bridgehead atoms. The second-order valence-corrected chi connectivity index (χ2v) is 7.50. The van der Waals surface area contributed by atoms with Crippen molar-refractivity contribution in [1.82, 2.24) is 19.1 Å². The Labute approximate surface area is 175 Å². The molecule has 0 radical (unpaired) electrons. The summed E-state index contributed by atoms with van der Waals surface area (Å²) in [5, 5.41) is 5.02. The van der Waals surface area contributed by atoms with E-state index < -0.39 is 5.91 Å². The van der Waals surface area contributed by atoms with Crippen molar-refractivity contribution >= 4 is 34.9 Å². The predicted molar refractivity (Wildman–Crippen MR) is 107 cm³/mol. The van der Waals surface area contributed by atoms with Crippen LogP contribution in [0.3, 0.4) is 0 Å². The molecule has 10 heteroatoms. The molecular formula is C19H16ClN5O3S. The third kappa shape index (κ3) is 4.42. The molecule has 1 aliphatic heterocycles. The van der Waals surface area contributed by atoms with E-state index in [0.717, 1.165) is 11.5 Å². The summed E-state index contributed by atoms with van der Waals surface area (Å²) < 4.78 is 7.12. The van der Waals surface area contributed by atoms with Gasteiger partial charge in [-0.1, -0.05) is 11.6 Å². The first-order chi connectivity index (χ1) is 14.1. The van der Waals surface area contributed by atoms with Gasteiger partial charge in [0.2, 0.25) is 0 Å². The van der Waals surface area contributed by atoms with E-state index in [1.807, 2.05) is 0 Å². The number of aromatic nitrogens is 3. The lowest BCUT2D eigenvalue weighted by Crippen LogP contribution is -2.42. The summed E-state index contributed by atoms with van der Waals surface area (Å²) in [6.45, 7) is 1.87. The van der Waals surface area contributed by atoms with Crippen molar-refractivity contribution in [2.45, 2.75) is 0 Å². The molecule has 2 amide bonds. The third-order valence-corrected chi connectivity index (χ3v) is 5.42. The third-order valence-electron chi connectivity index (χ3n) is 4.25. The van der Waals surface area contributed by atoms with Gasteiger partial charge in [0.05, 0.1) is 18.9 Å². The highest BCUT2D eigenvalue weighted by molar-refractivity contribution is 7.04. The van der Waals surface area contributed by atoms with Crippen LogP contribution in [-0.4, -0.2) is 57.2 Å². The molecule has 148 valence electrons. The molecule has 1 aromatic carbocycles. The fourth-order valence-electron chi connectivity index (χ4n) is 2.73. The average Bonchev–Trinajstić information content (AvgIpc) is 3.18. The number of ether oxygens (including phenoxy) is 1. The summed E-state index contributed by atoms with van der Waals surface area (Å²) in [5.74, 6) is -0.742. The number of halogens is 1. The predicted octanol–water partition coefficient (Wildman–Crippen LogP) is 2.20. The first kappa shape index (κ1) is 19.4. The van der Waals surface area contributed by atoms with Crippen LogP contribution in [0.2, 0.25) is 5.02 Å². The molecule has 1 aliphatic rings. The Morgan fingerprint density at radius 1 is 1.07 bits per heavy atom. The molecule has 4 rings (SSSR count). The lowest BCUT2D eigenvalue weighted by atomic mass is 10.2. The Hall–Kier alpha value is -2.88. The van der Waals surface area contributed by atoms with E-state index in [0.29, 0.717) is 42.6 Å². The smallest absolute Gasteiger partial charge is 0.278 e. The fourth-order valence-corrected chi connectivity index (χ4v) is 3.71. The Balaban J connectivity index is 1.77. The number of carbonyl (C=O) groups excluding carboxylic acids is 2. The average molecular weight is 430 g/mol. The quantitative estimate of drug-likeness (QED) is 0.636. The van der Waals surface area contributed by atoms with Crippen LogP contribution in [0.5, 0.6) is 0 Å². The van der Waals surface area contributed by atoms with Gasteiger partial charge in [0.1, 0.15) is 0 Å². The molecule has 2 aromatic heterocycles. The Morgan fingerprint density at radius 2 is 1.76 bits per heavy atom. The minimum Gasteiger partial charge on any atom is -0.378 e. The fraction of sp³-hybridized carbons (Fsp3) is 0.211. The summed E-state index contributed by atoms with van der Waals surface area (Å²) >= 11 is 7.07. The van der Waals surface area contributed by atoms with E-state index in [4.69, 9.17) is 16.3 Å². The van der Waals surface area contributed by atoms with Crippen molar-refractivity contribution in [3.63, 3.8) is 0 Å². The summed E-state index contributed by atoms with van der Waals surface area (Å²) in [6, 6.07) is 10.2. The molecule has 3 heterocycles. The SMILES string of the molecule is O=C(N=c1sn(-c2ccc(Cl)cc2)nc1C(=O)N1CCOCC1)c1ccncc1. The molecule has 0 saturated carbocycles. The van der Waals surface area contributed by atoms with E-state index in [2.05, 4.69) is 15.1 Å². The molecule has 0 aliphatic carbocycles.